The average Bonchev–Trinajstić information content (AvgIpc) is 3.20. The molecule has 2 saturated heterocycles. The summed E-state index contributed by atoms with van der Waals surface area (Å²) < 4.78 is 23.7. The van der Waals surface area contributed by atoms with Gasteiger partial charge in [-0.15, -0.1) is 0 Å². The van der Waals surface area contributed by atoms with Gasteiger partial charge < -0.3 is 18.9 Å². The molecule has 2 heterocycles. The number of alkyl halides is 1. The summed E-state index contributed by atoms with van der Waals surface area (Å²) in [6, 6.07) is 0. The molecule has 20 heavy (non-hydrogen) atoms. The van der Waals surface area contributed by atoms with Crippen LogP contribution in [-0.2, 0) is 23.7 Å². The molecule has 6 fully saturated rings. The Hall–Kier alpha value is -0.0100. The Labute approximate surface area is 124 Å². The molecule has 0 unspecified atom stereocenters. The summed E-state index contributed by atoms with van der Waals surface area (Å²) in [4.78, 5) is 12.8. The van der Waals surface area contributed by atoms with Crippen molar-refractivity contribution in [1.29, 1.82) is 0 Å². The molecule has 6 aliphatic rings. The lowest BCUT2D eigenvalue weighted by molar-refractivity contribution is -0.224. The zero-order valence-electron chi connectivity index (χ0n) is 10.8. The second-order valence-electron chi connectivity index (χ2n) is 6.89. The van der Waals surface area contributed by atoms with Gasteiger partial charge in [0.15, 0.2) is 11.6 Å². The summed E-state index contributed by atoms with van der Waals surface area (Å²) in [7, 11) is 0. The number of ether oxygens (including phenoxy) is 4. The second-order valence-corrected chi connectivity index (χ2v) is 8.20. The molecule has 4 aliphatic carbocycles. The van der Waals surface area contributed by atoms with E-state index in [4.69, 9.17) is 18.9 Å². The van der Waals surface area contributed by atoms with E-state index < -0.39 is 11.6 Å². The van der Waals surface area contributed by atoms with Crippen LogP contribution in [0.2, 0.25) is 0 Å². The Morgan fingerprint density at radius 3 is 2.30 bits per heavy atom. The fourth-order valence-corrected chi connectivity index (χ4v) is 7.98. The Morgan fingerprint density at radius 1 is 0.950 bits per heavy atom. The summed E-state index contributed by atoms with van der Waals surface area (Å²) in [6.07, 6.45) is 0.983. The van der Waals surface area contributed by atoms with Gasteiger partial charge in [-0.25, -0.2) is 0 Å². The van der Waals surface area contributed by atoms with Crippen molar-refractivity contribution in [2.24, 2.45) is 29.6 Å². The van der Waals surface area contributed by atoms with E-state index in [1.54, 1.807) is 0 Å². The van der Waals surface area contributed by atoms with Gasteiger partial charge in [0.2, 0.25) is 5.79 Å². The Bertz CT molecular complexity index is 538. The molecule has 4 saturated carbocycles. The van der Waals surface area contributed by atoms with Crippen LogP contribution in [0.4, 0.5) is 0 Å². The van der Waals surface area contributed by atoms with Crippen LogP contribution in [0.15, 0.2) is 0 Å². The number of hydrogen-bond acceptors (Lipinski definition) is 5. The third-order valence-electron chi connectivity index (χ3n) is 6.71. The van der Waals surface area contributed by atoms with Crippen LogP contribution in [0.3, 0.4) is 0 Å². The van der Waals surface area contributed by atoms with Gasteiger partial charge >= 0.3 is 0 Å². The minimum Gasteiger partial charge on any atom is -0.346 e. The number of ketones is 1. The molecule has 0 aromatic heterocycles. The highest BCUT2D eigenvalue weighted by Crippen LogP contribution is 2.85. The van der Waals surface area contributed by atoms with Crippen molar-refractivity contribution in [1.82, 2.24) is 0 Å². The van der Waals surface area contributed by atoms with Gasteiger partial charge in [0.05, 0.1) is 30.8 Å². The van der Waals surface area contributed by atoms with E-state index in [0.717, 1.165) is 6.42 Å². The molecule has 0 radical (unpaired) electrons. The number of hydrogen-bond donors (Lipinski definition) is 0. The quantitative estimate of drug-likeness (QED) is 0.606. The molecule has 0 N–H and O–H groups in total. The Kier molecular flexibility index (Phi) is 1.75. The van der Waals surface area contributed by atoms with E-state index in [1.165, 1.54) is 0 Å². The maximum atomic E-state index is 12.8. The first kappa shape index (κ1) is 11.5. The summed E-state index contributed by atoms with van der Waals surface area (Å²) in [5, 5.41) is 0. The Morgan fingerprint density at radius 2 is 1.60 bits per heavy atom. The van der Waals surface area contributed by atoms with Crippen LogP contribution >= 0.6 is 15.9 Å². The van der Waals surface area contributed by atoms with E-state index in [-0.39, 0.29) is 33.8 Å². The number of rotatable bonds is 0. The van der Waals surface area contributed by atoms with Crippen LogP contribution in [0.25, 0.3) is 0 Å². The molecular weight excluding hydrogens is 328 g/mol. The third-order valence-corrected chi connectivity index (χ3v) is 8.38. The highest BCUT2D eigenvalue weighted by Gasteiger charge is 2.94. The predicted molar refractivity (Wildman–Crippen MR) is 68.0 cm³/mol. The molecule has 6 rings (SSSR count). The number of carbonyl (C=O) groups is 1. The first-order valence-electron chi connectivity index (χ1n) is 7.46. The van der Waals surface area contributed by atoms with Gasteiger partial charge in [-0.05, 0) is 18.3 Å². The van der Waals surface area contributed by atoms with Crippen molar-refractivity contribution >= 4 is 21.7 Å². The molecule has 6 atom stereocenters. The third kappa shape index (κ3) is 0.792. The van der Waals surface area contributed by atoms with E-state index >= 15 is 0 Å². The number of halogens is 1. The molecule has 108 valence electrons. The molecule has 2 aliphatic heterocycles. The van der Waals surface area contributed by atoms with Gasteiger partial charge in [0, 0.05) is 17.8 Å². The monoisotopic (exact) mass is 342 g/mol. The van der Waals surface area contributed by atoms with Crippen molar-refractivity contribution in [3.63, 3.8) is 0 Å². The lowest BCUT2D eigenvalue weighted by atomic mass is 9.55. The molecule has 2 bridgehead atoms. The summed E-state index contributed by atoms with van der Waals surface area (Å²) in [5.74, 6) is -0.441. The van der Waals surface area contributed by atoms with Gasteiger partial charge in [-0.2, -0.15) is 0 Å². The highest BCUT2D eigenvalue weighted by molar-refractivity contribution is 9.10. The molecule has 6 heteroatoms. The minimum absolute atomic E-state index is 0.0703. The highest BCUT2D eigenvalue weighted by atomic mass is 79.9. The molecule has 2 spiro atoms. The second kappa shape index (κ2) is 3.04. The molecular formula is C14H15BrO5. The van der Waals surface area contributed by atoms with Gasteiger partial charge in [0.1, 0.15) is 0 Å². The van der Waals surface area contributed by atoms with Crippen LogP contribution in [-0.4, -0.2) is 48.1 Å². The molecule has 0 aromatic carbocycles. The van der Waals surface area contributed by atoms with Crippen LogP contribution in [0.1, 0.15) is 6.42 Å². The van der Waals surface area contributed by atoms with Crippen molar-refractivity contribution in [3.8, 4) is 0 Å². The number of carbonyl (C=O) groups excluding carboxylic acids is 1. The maximum absolute atomic E-state index is 12.8. The van der Waals surface area contributed by atoms with Crippen molar-refractivity contribution < 1.29 is 23.7 Å². The first-order chi connectivity index (χ1) is 9.67. The zero-order chi connectivity index (χ0) is 13.3. The van der Waals surface area contributed by atoms with E-state index in [0.29, 0.717) is 32.3 Å². The van der Waals surface area contributed by atoms with E-state index in [2.05, 4.69) is 15.9 Å². The fraction of sp³-hybridized carbons (Fsp3) is 0.929. The lowest BCUT2D eigenvalue weighted by Crippen LogP contribution is -2.64. The smallest absolute Gasteiger partial charge is 0.233 e. The van der Waals surface area contributed by atoms with Crippen molar-refractivity contribution in [3.05, 3.63) is 0 Å². The van der Waals surface area contributed by atoms with Crippen molar-refractivity contribution in [2.45, 2.75) is 22.3 Å². The van der Waals surface area contributed by atoms with Gasteiger partial charge in [-0.3, -0.25) is 4.79 Å². The summed E-state index contributed by atoms with van der Waals surface area (Å²) in [6.45, 7) is 2.32. The summed E-state index contributed by atoms with van der Waals surface area (Å²) in [5.41, 5.74) is 0. The Balaban J connectivity index is 1.57. The van der Waals surface area contributed by atoms with E-state index in [9.17, 15) is 4.79 Å². The van der Waals surface area contributed by atoms with Crippen molar-refractivity contribution in [2.75, 3.05) is 26.4 Å². The molecule has 5 nitrogen and oxygen atoms in total. The number of fused-ring (bicyclic) bond motifs is 3. The average molecular weight is 343 g/mol. The van der Waals surface area contributed by atoms with Crippen LogP contribution in [0.5, 0.6) is 0 Å². The first-order valence-corrected chi connectivity index (χ1v) is 8.25. The SMILES string of the molecule is O=C1[C@H]2[C@@H]3[C@H]([C@H]4C[C@H]2[C@@]3(Br)C42OCCO2)C12OCCO2. The standard InChI is InChI=1S/C14H15BrO5/c15-12-6-5-7(14(12)19-3-4-20-14)9-10(12)8(6)11(16)13(9)17-1-2-18-13/h6-10H,1-5H2/t6-,7-,8-,9+,10-,12+/m1/s1. The fourth-order valence-electron chi connectivity index (χ4n) is 6.41. The summed E-state index contributed by atoms with van der Waals surface area (Å²) >= 11 is 3.95. The largest absolute Gasteiger partial charge is 0.346 e. The van der Waals surface area contributed by atoms with E-state index in [1.807, 2.05) is 0 Å². The topological polar surface area (TPSA) is 54.0 Å². The number of Topliss-reactive ketones (excluding diaryl/α,β-unsaturated/α-hetero) is 1. The normalized spacial score (nSPS) is 59.0. The van der Waals surface area contributed by atoms with Gasteiger partial charge in [-0.1, -0.05) is 15.9 Å². The van der Waals surface area contributed by atoms with Gasteiger partial charge in [0.25, 0.3) is 0 Å². The lowest BCUT2D eigenvalue weighted by Gasteiger charge is -2.54. The van der Waals surface area contributed by atoms with Crippen LogP contribution in [0, 0.1) is 29.6 Å². The molecule has 0 aromatic rings. The zero-order valence-corrected chi connectivity index (χ0v) is 12.4. The minimum atomic E-state index is -0.997. The predicted octanol–water partition coefficient (Wildman–Crippen LogP) is 0.701. The maximum Gasteiger partial charge on any atom is 0.233 e. The van der Waals surface area contributed by atoms with Crippen LogP contribution < -0.4 is 0 Å². The molecule has 0 amide bonds.